The Labute approximate surface area is 123 Å². The third-order valence-electron chi connectivity index (χ3n) is 3.48. The maximum atomic E-state index is 12.1. The molecule has 0 aromatic carbocycles. The number of carbonyl (C=O) groups is 2. The van der Waals surface area contributed by atoms with Crippen molar-refractivity contribution in [1.29, 1.82) is 0 Å². The third-order valence-corrected chi connectivity index (χ3v) is 5.16. The Balaban J connectivity index is 1.75. The molecule has 19 heavy (non-hydrogen) atoms. The first-order chi connectivity index (χ1) is 9.15. The Morgan fingerprint density at radius 3 is 3.00 bits per heavy atom. The third kappa shape index (κ3) is 2.54. The molecule has 7 heteroatoms. The molecule has 0 bridgehead atoms. The smallest absolute Gasteiger partial charge is 0.312 e. The van der Waals surface area contributed by atoms with E-state index in [1.165, 1.54) is 0 Å². The van der Waals surface area contributed by atoms with Crippen LogP contribution >= 0.6 is 27.3 Å². The summed E-state index contributed by atoms with van der Waals surface area (Å²) in [6.07, 6.45) is 0. The molecule has 1 N–H and O–H groups in total. The highest BCUT2D eigenvalue weighted by Crippen LogP contribution is 2.23. The van der Waals surface area contributed by atoms with Crippen molar-refractivity contribution in [3.05, 3.63) is 20.8 Å². The molecule has 1 aromatic rings. The normalized spacial score (nSPS) is 23.7. The molecular formula is C12H14BrN3O2S. The summed E-state index contributed by atoms with van der Waals surface area (Å²) in [4.78, 5) is 28.6. The van der Waals surface area contributed by atoms with E-state index in [-0.39, 0.29) is 17.9 Å². The highest BCUT2D eigenvalue weighted by molar-refractivity contribution is 9.10. The number of hydrogen-bond acceptors (Lipinski definition) is 4. The lowest BCUT2D eigenvalue weighted by Crippen LogP contribution is -2.65. The summed E-state index contributed by atoms with van der Waals surface area (Å²) in [6, 6.07) is 2.11. The summed E-state index contributed by atoms with van der Waals surface area (Å²) in [6.45, 7) is 3.31. The van der Waals surface area contributed by atoms with Gasteiger partial charge in [-0.1, -0.05) is 0 Å². The van der Waals surface area contributed by atoms with Crippen LogP contribution in [0.2, 0.25) is 0 Å². The van der Waals surface area contributed by atoms with Crippen molar-refractivity contribution in [1.82, 2.24) is 15.1 Å². The lowest BCUT2D eigenvalue weighted by Gasteiger charge is -2.43. The van der Waals surface area contributed by atoms with Crippen LogP contribution in [0.5, 0.6) is 0 Å². The highest BCUT2D eigenvalue weighted by atomic mass is 79.9. The predicted molar refractivity (Wildman–Crippen MR) is 75.8 cm³/mol. The van der Waals surface area contributed by atoms with Gasteiger partial charge < -0.3 is 15.1 Å². The summed E-state index contributed by atoms with van der Waals surface area (Å²) < 4.78 is 1.02. The van der Waals surface area contributed by atoms with Crippen LogP contribution in [0.25, 0.3) is 0 Å². The van der Waals surface area contributed by atoms with Crippen molar-refractivity contribution < 1.29 is 9.59 Å². The molecule has 0 saturated carbocycles. The number of carbonyl (C=O) groups excluding carboxylic acids is 2. The molecule has 0 aliphatic carbocycles. The maximum Gasteiger partial charge on any atom is 0.312 e. The zero-order chi connectivity index (χ0) is 13.4. The zero-order valence-corrected chi connectivity index (χ0v) is 12.7. The van der Waals surface area contributed by atoms with E-state index in [2.05, 4.69) is 21.2 Å². The number of hydrogen-bond donors (Lipinski definition) is 1. The van der Waals surface area contributed by atoms with E-state index < -0.39 is 0 Å². The second-order valence-corrected chi connectivity index (χ2v) is 6.68. The number of thiophene rings is 1. The molecule has 2 fully saturated rings. The van der Waals surface area contributed by atoms with Gasteiger partial charge in [0.15, 0.2) is 0 Å². The summed E-state index contributed by atoms with van der Waals surface area (Å²) in [7, 11) is 0. The maximum absolute atomic E-state index is 12.1. The zero-order valence-electron chi connectivity index (χ0n) is 10.3. The Hall–Kier alpha value is -0.920. The monoisotopic (exact) mass is 343 g/mol. The molecule has 1 unspecified atom stereocenters. The van der Waals surface area contributed by atoms with Crippen LogP contribution in [-0.2, 0) is 16.1 Å². The first-order valence-corrected chi connectivity index (χ1v) is 7.86. The van der Waals surface area contributed by atoms with Gasteiger partial charge in [-0.3, -0.25) is 9.59 Å². The van der Waals surface area contributed by atoms with Gasteiger partial charge in [-0.05, 0) is 22.0 Å². The van der Waals surface area contributed by atoms with Crippen LogP contribution in [0, 0.1) is 0 Å². The first kappa shape index (κ1) is 13.1. The van der Waals surface area contributed by atoms with Crippen LogP contribution in [0.3, 0.4) is 0 Å². The number of halogens is 1. The summed E-state index contributed by atoms with van der Waals surface area (Å²) in [5, 5.41) is 5.26. The second kappa shape index (κ2) is 5.22. The Morgan fingerprint density at radius 1 is 1.42 bits per heavy atom. The number of nitrogens with one attached hydrogen (secondary N) is 1. The predicted octanol–water partition coefficient (Wildman–Crippen LogP) is 0.653. The van der Waals surface area contributed by atoms with E-state index >= 15 is 0 Å². The number of rotatable bonds is 2. The fourth-order valence-electron chi connectivity index (χ4n) is 2.55. The number of fused-ring (bicyclic) bond motifs is 1. The van der Waals surface area contributed by atoms with Gasteiger partial charge in [-0.15, -0.1) is 11.3 Å². The molecule has 5 nitrogen and oxygen atoms in total. The molecule has 2 amide bonds. The molecule has 3 heterocycles. The van der Waals surface area contributed by atoms with Gasteiger partial charge in [0.25, 0.3) is 0 Å². The SMILES string of the molecule is O=C1C(=O)N2CCNCC2CN1Cc1cc(Br)cs1. The van der Waals surface area contributed by atoms with Gasteiger partial charge in [0.1, 0.15) is 0 Å². The quantitative estimate of drug-likeness (QED) is 0.802. The van der Waals surface area contributed by atoms with Gasteiger partial charge >= 0.3 is 11.8 Å². The molecule has 1 aromatic heterocycles. The van der Waals surface area contributed by atoms with Gasteiger partial charge in [0, 0.05) is 40.9 Å². The highest BCUT2D eigenvalue weighted by Gasteiger charge is 2.39. The second-order valence-electron chi connectivity index (χ2n) is 4.77. The van der Waals surface area contributed by atoms with Gasteiger partial charge in [-0.2, -0.15) is 0 Å². The molecule has 3 rings (SSSR count). The lowest BCUT2D eigenvalue weighted by molar-refractivity contribution is -0.160. The largest absolute Gasteiger partial charge is 0.327 e. The summed E-state index contributed by atoms with van der Waals surface area (Å²) >= 11 is 5.00. The minimum Gasteiger partial charge on any atom is -0.327 e. The van der Waals surface area contributed by atoms with Gasteiger partial charge in [0.2, 0.25) is 0 Å². The number of amides is 2. The van der Waals surface area contributed by atoms with Crippen molar-refractivity contribution >= 4 is 39.1 Å². The van der Waals surface area contributed by atoms with Crippen molar-refractivity contribution in [3.63, 3.8) is 0 Å². The van der Waals surface area contributed by atoms with Crippen LogP contribution in [0.1, 0.15) is 4.88 Å². The van der Waals surface area contributed by atoms with E-state index in [4.69, 9.17) is 0 Å². The Kier molecular flexibility index (Phi) is 3.60. The van der Waals surface area contributed by atoms with E-state index in [9.17, 15) is 9.59 Å². The van der Waals surface area contributed by atoms with Crippen molar-refractivity contribution in [2.45, 2.75) is 12.6 Å². The fourth-order valence-corrected chi connectivity index (χ4v) is 4.01. The first-order valence-electron chi connectivity index (χ1n) is 6.18. The number of piperazine rings is 2. The van der Waals surface area contributed by atoms with Crippen LogP contribution < -0.4 is 5.32 Å². The molecule has 102 valence electrons. The fraction of sp³-hybridized carbons (Fsp3) is 0.500. The van der Waals surface area contributed by atoms with E-state index in [1.54, 1.807) is 21.1 Å². The summed E-state index contributed by atoms with van der Waals surface area (Å²) in [5.74, 6) is -0.726. The van der Waals surface area contributed by atoms with E-state index in [0.717, 1.165) is 22.4 Å². The number of nitrogens with zero attached hydrogens (tertiary/aromatic N) is 2. The van der Waals surface area contributed by atoms with Crippen molar-refractivity contribution in [2.75, 3.05) is 26.2 Å². The topological polar surface area (TPSA) is 52.7 Å². The Bertz CT molecular complexity index is 519. The average Bonchev–Trinajstić information content (AvgIpc) is 2.81. The molecule has 1 atom stereocenters. The molecule has 2 saturated heterocycles. The molecular weight excluding hydrogens is 330 g/mol. The minimum absolute atomic E-state index is 0.113. The Morgan fingerprint density at radius 2 is 2.26 bits per heavy atom. The van der Waals surface area contributed by atoms with E-state index in [1.807, 2.05) is 11.4 Å². The van der Waals surface area contributed by atoms with Crippen LogP contribution in [-0.4, -0.2) is 53.8 Å². The minimum atomic E-state index is -0.373. The van der Waals surface area contributed by atoms with Crippen LogP contribution in [0.4, 0.5) is 0 Å². The van der Waals surface area contributed by atoms with Crippen molar-refractivity contribution in [2.24, 2.45) is 0 Å². The molecule has 0 spiro atoms. The van der Waals surface area contributed by atoms with Crippen LogP contribution in [0.15, 0.2) is 15.9 Å². The molecule has 2 aliphatic heterocycles. The average molecular weight is 344 g/mol. The van der Waals surface area contributed by atoms with E-state index in [0.29, 0.717) is 19.6 Å². The van der Waals surface area contributed by atoms with Crippen molar-refractivity contribution in [3.8, 4) is 0 Å². The van der Waals surface area contributed by atoms with Gasteiger partial charge in [-0.25, -0.2) is 0 Å². The standard InChI is InChI=1S/C12H14BrN3O2S/c13-8-3-10(19-7-8)6-15-5-9-4-14-1-2-16(9)12(18)11(15)17/h3,7,9,14H,1-2,4-6H2. The van der Waals surface area contributed by atoms with Gasteiger partial charge in [0.05, 0.1) is 12.6 Å². The lowest BCUT2D eigenvalue weighted by atomic mass is 10.1. The molecule has 0 radical (unpaired) electrons. The molecule has 2 aliphatic rings. The summed E-state index contributed by atoms with van der Waals surface area (Å²) in [5.41, 5.74) is 0.